The molecule has 1 unspecified atom stereocenters. The average molecular weight is 547 g/mol. The van der Waals surface area contributed by atoms with Gasteiger partial charge in [-0.2, -0.15) is 10.4 Å². The van der Waals surface area contributed by atoms with Crippen molar-refractivity contribution in [3.05, 3.63) is 31.0 Å². The Hall–Kier alpha value is -2.72. The predicted molar refractivity (Wildman–Crippen MR) is 162 cm³/mol. The summed E-state index contributed by atoms with van der Waals surface area (Å²) in [5.74, 6) is 0.532. The van der Waals surface area contributed by atoms with Crippen LogP contribution < -0.4 is 0 Å². The van der Waals surface area contributed by atoms with E-state index in [9.17, 15) is 5.26 Å². The van der Waals surface area contributed by atoms with Crippen LogP contribution >= 0.6 is 0 Å². The monoisotopic (exact) mass is 546 g/mol. The molecule has 0 N–H and O–H groups in total. The van der Waals surface area contributed by atoms with Gasteiger partial charge in [0, 0.05) is 30.0 Å². The molecule has 7 nitrogen and oxygen atoms in total. The fraction of sp³-hybridized carbons (Fsp3) is 0.697. The van der Waals surface area contributed by atoms with E-state index in [2.05, 4.69) is 58.7 Å². The van der Waals surface area contributed by atoms with E-state index >= 15 is 0 Å². The van der Waals surface area contributed by atoms with Gasteiger partial charge in [-0.3, -0.25) is 4.68 Å². The lowest BCUT2D eigenvalue weighted by Crippen LogP contribution is -2.17. The van der Waals surface area contributed by atoms with Crippen molar-refractivity contribution in [2.45, 2.75) is 130 Å². The van der Waals surface area contributed by atoms with E-state index in [1.54, 1.807) is 6.33 Å². The van der Waals surface area contributed by atoms with Gasteiger partial charge in [-0.05, 0) is 43.1 Å². The van der Waals surface area contributed by atoms with Crippen LogP contribution in [0.2, 0.25) is 0 Å². The van der Waals surface area contributed by atoms with Crippen molar-refractivity contribution in [3.8, 4) is 17.3 Å². The minimum absolute atomic E-state index is 0.139. The van der Waals surface area contributed by atoms with E-state index in [1.165, 1.54) is 83.5 Å². The Morgan fingerprint density at radius 2 is 1.70 bits per heavy atom. The van der Waals surface area contributed by atoms with E-state index in [0.29, 0.717) is 24.5 Å². The number of hydrogen-bond donors (Lipinski definition) is 0. The number of unbranched alkanes of at least 4 members (excludes halogenated alkanes) is 8. The third kappa shape index (κ3) is 8.89. The molecule has 1 fully saturated rings. The highest BCUT2D eigenvalue weighted by atomic mass is 16.5. The van der Waals surface area contributed by atoms with E-state index < -0.39 is 0 Å². The molecule has 3 aromatic rings. The van der Waals surface area contributed by atoms with Gasteiger partial charge >= 0.3 is 0 Å². The summed E-state index contributed by atoms with van der Waals surface area (Å²) in [5, 5.41) is 15.1. The summed E-state index contributed by atoms with van der Waals surface area (Å²) < 4.78 is 10.1. The van der Waals surface area contributed by atoms with E-state index in [-0.39, 0.29) is 6.04 Å². The van der Waals surface area contributed by atoms with Crippen molar-refractivity contribution < 1.29 is 4.74 Å². The highest BCUT2D eigenvalue weighted by Gasteiger charge is 2.27. The summed E-state index contributed by atoms with van der Waals surface area (Å²) in [5.41, 5.74) is 3.21. The second kappa shape index (κ2) is 15.3. The maximum atomic E-state index is 9.40. The molecule has 0 spiro atoms. The Kier molecular flexibility index (Phi) is 11.6. The fourth-order valence-electron chi connectivity index (χ4n) is 6.15. The highest BCUT2D eigenvalue weighted by molar-refractivity contribution is 5.90. The first kappa shape index (κ1) is 30.2. The van der Waals surface area contributed by atoms with Gasteiger partial charge in [-0.15, -0.1) is 0 Å². The average Bonchev–Trinajstić information content (AvgIpc) is 3.71. The molecular weight excluding hydrogens is 496 g/mol. The van der Waals surface area contributed by atoms with E-state index in [1.807, 2.05) is 17.1 Å². The minimum atomic E-state index is 0.139. The van der Waals surface area contributed by atoms with Crippen LogP contribution in [0.1, 0.15) is 123 Å². The van der Waals surface area contributed by atoms with Gasteiger partial charge in [0.05, 0.1) is 30.4 Å². The molecule has 0 aliphatic heterocycles. The van der Waals surface area contributed by atoms with Crippen LogP contribution in [0.15, 0.2) is 31.0 Å². The van der Waals surface area contributed by atoms with Gasteiger partial charge in [0.1, 0.15) is 18.7 Å². The molecule has 0 bridgehead atoms. The molecule has 0 radical (unpaired) electrons. The van der Waals surface area contributed by atoms with Gasteiger partial charge in [-0.1, -0.05) is 85.0 Å². The molecule has 218 valence electrons. The number of aromatic nitrogens is 5. The largest absolute Gasteiger partial charge is 0.361 e. The van der Waals surface area contributed by atoms with Crippen molar-refractivity contribution in [3.63, 3.8) is 0 Å². The minimum Gasteiger partial charge on any atom is -0.361 e. The molecule has 3 heterocycles. The van der Waals surface area contributed by atoms with Crippen molar-refractivity contribution in [2.75, 3.05) is 6.61 Å². The molecule has 1 aliphatic carbocycles. The smallest absolute Gasteiger partial charge is 0.145 e. The van der Waals surface area contributed by atoms with Crippen LogP contribution in [-0.4, -0.2) is 30.9 Å². The lowest BCUT2D eigenvalue weighted by Gasteiger charge is -2.21. The van der Waals surface area contributed by atoms with Crippen LogP contribution in [0.4, 0.5) is 0 Å². The zero-order chi connectivity index (χ0) is 28.2. The second-order valence-electron chi connectivity index (χ2n) is 13.0. The SMILES string of the molecule is CC(C)(C)CCCCCCCCCCCOCn1ccc2c(-c3cnn(C(CC#N)C4CCCC4)c3)ncnc21. The second-order valence-corrected chi connectivity index (χ2v) is 13.0. The predicted octanol–water partition coefficient (Wildman–Crippen LogP) is 8.86. The van der Waals surface area contributed by atoms with Gasteiger partial charge < -0.3 is 9.30 Å². The van der Waals surface area contributed by atoms with Crippen molar-refractivity contribution in [2.24, 2.45) is 11.3 Å². The molecule has 0 amide bonds. The quantitative estimate of drug-likeness (QED) is 0.158. The Balaban J connectivity index is 1.18. The van der Waals surface area contributed by atoms with Gasteiger partial charge in [0.2, 0.25) is 0 Å². The molecule has 4 rings (SSSR count). The first-order valence-corrected chi connectivity index (χ1v) is 15.8. The fourth-order valence-corrected chi connectivity index (χ4v) is 6.15. The Morgan fingerprint density at radius 3 is 2.40 bits per heavy atom. The maximum Gasteiger partial charge on any atom is 0.145 e. The van der Waals surface area contributed by atoms with Crippen LogP contribution in [0, 0.1) is 22.7 Å². The molecule has 1 atom stereocenters. The summed E-state index contributed by atoms with van der Waals surface area (Å²) in [6, 6.07) is 4.58. The van der Waals surface area contributed by atoms with Crippen LogP contribution in [0.5, 0.6) is 0 Å². The Labute approximate surface area is 241 Å². The van der Waals surface area contributed by atoms with Crippen LogP contribution in [0.3, 0.4) is 0 Å². The number of nitrogens with zero attached hydrogens (tertiary/aromatic N) is 6. The van der Waals surface area contributed by atoms with E-state index in [4.69, 9.17) is 4.74 Å². The van der Waals surface area contributed by atoms with Crippen LogP contribution in [-0.2, 0) is 11.5 Å². The molecule has 40 heavy (non-hydrogen) atoms. The van der Waals surface area contributed by atoms with Gasteiger partial charge in [-0.25, -0.2) is 9.97 Å². The first-order chi connectivity index (χ1) is 19.5. The first-order valence-electron chi connectivity index (χ1n) is 15.8. The number of nitriles is 1. The highest BCUT2D eigenvalue weighted by Crippen LogP contribution is 2.36. The topological polar surface area (TPSA) is 81.5 Å². The lowest BCUT2D eigenvalue weighted by atomic mass is 9.89. The van der Waals surface area contributed by atoms with Crippen molar-refractivity contribution in [1.29, 1.82) is 5.26 Å². The zero-order valence-corrected chi connectivity index (χ0v) is 25.2. The lowest BCUT2D eigenvalue weighted by molar-refractivity contribution is 0.0763. The van der Waals surface area contributed by atoms with Crippen molar-refractivity contribution in [1.82, 2.24) is 24.3 Å². The number of hydrogen-bond acceptors (Lipinski definition) is 5. The number of fused-ring (bicyclic) bond motifs is 1. The number of ether oxygens (including phenoxy) is 1. The molecule has 7 heteroatoms. The molecule has 1 aliphatic rings. The Morgan fingerprint density at radius 1 is 1.00 bits per heavy atom. The maximum absolute atomic E-state index is 9.40. The molecule has 1 saturated carbocycles. The van der Waals surface area contributed by atoms with Crippen LogP contribution in [0.25, 0.3) is 22.3 Å². The summed E-state index contributed by atoms with van der Waals surface area (Å²) in [7, 11) is 0. The molecule has 3 aromatic heterocycles. The number of rotatable bonds is 17. The third-order valence-corrected chi connectivity index (χ3v) is 8.46. The van der Waals surface area contributed by atoms with Gasteiger partial charge in [0.15, 0.2) is 0 Å². The molecule has 0 aromatic carbocycles. The summed E-state index contributed by atoms with van der Waals surface area (Å²) in [6.45, 7) is 8.29. The molecular formula is C33H50N6O. The summed E-state index contributed by atoms with van der Waals surface area (Å²) in [6.07, 6.45) is 26.2. The third-order valence-electron chi connectivity index (χ3n) is 8.46. The normalized spacial score (nSPS) is 15.2. The standard InChI is InChI=1S/C33H50N6O/c1-33(2,3)19-13-9-7-5-4-6-8-10-14-22-40-26-38-21-18-29-31(35-25-36-32(29)38)28-23-37-39(24-28)30(17-20-34)27-15-11-12-16-27/h18,21,23-25,27,30H,4-17,19,22,26H2,1-3H3. The van der Waals surface area contributed by atoms with E-state index in [0.717, 1.165) is 35.3 Å². The summed E-state index contributed by atoms with van der Waals surface area (Å²) >= 11 is 0. The van der Waals surface area contributed by atoms with Gasteiger partial charge in [0.25, 0.3) is 0 Å². The Bertz CT molecular complexity index is 1190. The summed E-state index contributed by atoms with van der Waals surface area (Å²) in [4.78, 5) is 9.15. The van der Waals surface area contributed by atoms with Crippen molar-refractivity contribution >= 4 is 11.0 Å². The zero-order valence-electron chi connectivity index (χ0n) is 25.2. The molecule has 0 saturated heterocycles.